The van der Waals surface area contributed by atoms with Crippen LogP contribution in [0.5, 0.6) is 0 Å². The molecule has 0 radical (unpaired) electrons. The first-order valence-corrected chi connectivity index (χ1v) is 31.5. The summed E-state index contributed by atoms with van der Waals surface area (Å²) in [5.74, 6) is -0.487. The zero-order chi connectivity index (χ0) is 63.4. The van der Waals surface area contributed by atoms with E-state index in [1.807, 2.05) is 188 Å². The summed E-state index contributed by atoms with van der Waals surface area (Å²) < 4.78 is 62.5. The lowest BCUT2D eigenvalue weighted by Crippen LogP contribution is -2.62. The lowest BCUT2D eigenvalue weighted by atomic mass is 9.94. The second-order valence-corrected chi connectivity index (χ2v) is 22.1. The number of alkyl halides is 1. The highest BCUT2D eigenvalue weighted by Crippen LogP contribution is 2.32. The molecule has 9 rings (SSSR count). The SMILES string of the molecule is CNC(=O)CCBr.CNC(=O)CCCOC[C@@H]1O[C@H](COCc2ccccc2)[C@@H](OCc2ccccc2)[C@H](OCc2ccccc2)[C@H]1O.O=C(O[C@@H]1[C@@H](OCc2ccccc2)[C@H](OCc2ccccc2)[C@@H](COCc2ccccc2)O[C@H]1CO)c1ccccc1. The fourth-order valence-corrected chi connectivity index (χ4v) is 10.3. The van der Waals surface area contributed by atoms with Gasteiger partial charge in [-0.2, -0.15) is 0 Å². The van der Waals surface area contributed by atoms with Gasteiger partial charge in [0.15, 0.2) is 6.10 Å². The first-order chi connectivity index (χ1) is 44.2. The normalized spacial score (nSPS) is 21.1. The molecule has 0 saturated carbocycles. The molecule has 0 aromatic heterocycles. The summed E-state index contributed by atoms with van der Waals surface area (Å²) in [5, 5.41) is 27.7. The van der Waals surface area contributed by atoms with Crippen molar-refractivity contribution >= 4 is 33.7 Å². The van der Waals surface area contributed by atoms with Crippen molar-refractivity contribution in [2.24, 2.45) is 0 Å². The van der Waals surface area contributed by atoms with Gasteiger partial charge in [0.1, 0.15) is 54.9 Å². The molecule has 0 aliphatic carbocycles. The molecule has 7 aromatic rings. The molecule has 2 heterocycles. The van der Waals surface area contributed by atoms with Crippen LogP contribution in [0.15, 0.2) is 212 Å². The highest BCUT2D eigenvalue weighted by atomic mass is 79.9. The van der Waals surface area contributed by atoms with Gasteiger partial charge in [0.25, 0.3) is 0 Å². The van der Waals surface area contributed by atoms with Crippen molar-refractivity contribution in [3.63, 3.8) is 0 Å². The van der Waals surface area contributed by atoms with Crippen molar-refractivity contribution in [2.75, 3.05) is 52.5 Å². The lowest BCUT2D eigenvalue weighted by Gasteiger charge is -2.45. The van der Waals surface area contributed by atoms with Gasteiger partial charge in [0.05, 0.1) is 71.6 Å². The maximum absolute atomic E-state index is 13.2. The zero-order valence-electron chi connectivity index (χ0n) is 51.2. The zero-order valence-corrected chi connectivity index (χ0v) is 52.8. The molecule has 0 spiro atoms. The summed E-state index contributed by atoms with van der Waals surface area (Å²) in [6, 6.07) is 67.8. The van der Waals surface area contributed by atoms with Crippen molar-refractivity contribution in [1.82, 2.24) is 10.6 Å². The van der Waals surface area contributed by atoms with Gasteiger partial charge in [-0.25, -0.2) is 4.79 Å². The number of ether oxygens (including phenoxy) is 10. The summed E-state index contributed by atoms with van der Waals surface area (Å²) in [5.41, 5.74) is 6.41. The number of carbonyl (C=O) groups excluding carboxylic acids is 3. The Morgan fingerprint density at radius 1 is 0.422 bits per heavy atom. The third-order valence-electron chi connectivity index (χ3n) is 14.7. The molecule has 0 bridgehead atoms. The van der Waals surface area contributed by atoms with E-state index < -0.39 is 67.0 Å². The molecule has 2 amide bonds. The average Bonchev–Trinajstić information content (AvgIpc) is 0.990. The molecule has 2 fully saturated rings. The van der Waals surface area contributed by atoms with Gasteiger partial charge in [0.2, 0.25) is 11.8 Å². The topological polar surface area (TPSA) is 208 Å². The van der Waals surface area contributed by atoms with E-state index in [1.165, 1.54) is 0 Å². The Hall–Kier alpha value is -7.01. The molecule has 2 saturated heterocycles. The van der Waals surface area contributed by atoms with Crippen LogP contribution in [-0.2, 0) is 96.6 Å². The number of aliphatic hydroxyl groups excluding tert-OH is 2. The highest BCUT2D eigenvalue weighted by molar-refractivity contribution is 9.09. The van der Waals surface area contributed by atoms with Crippen molar-refractivity contribution in [3.8, 4) is 0 Å². The smallest absolute Gasteiger partial charge is 0.338 e. The average molecular weight is 1300 g/mol. The van der Waals surface area contributed by atoms with Gasteiger partial charge in [-0.15, -0.1) is 0 Å². The quantitative estimate of drug-likeness (QED) is 0.0181. The molecule has 7 aromatic carbocycles. The number of esters is 1. The van der Waals surface area contributed by atoms with Crippen LogP contribution in [0.1, 0.15) is 63.0 Å². The molecule has 4 N–H and O–H groups in total. The summed E-state index contributed by atoms with van der Waals surface area (Å²) in [6.07, 6.45) is -5.71. The van der Waals surface area contributed by atoms with Crippen molar-refractivity contribution in [2.45, 2.75) is 120 Å². The molecule has 2 aliphatic heterocycles. The fraction of sp³-hybridized carbons (Fsp3) is 0.375. The molecule has 17 nitrogen and oxygen atoms in total. The summed E-state index contributed by atoms with van der Waals surface area (Å²) >= 11 is 3.13. The highest BCUT2D eigenvalue weighted by Gasteiger charge is 2.50. The first kappa shape index (κ1) is 70.4. The Morgan fingerprint density at radius 3 is 1.16 bits per heavy atom. The Morgan fingerprint density at radius 2 is 0.767 bits per heavy atom. The van der Waals surface area contributed by atoms with Crippen LogP contribution < -0.4 is 10.6 Å². The third-order valence-corrected chi connectivity index (χ3v) is 15.1. The molecule has 90 heavy (non-hydrogen) atoms. The fourth-order valence-electron chi connectivity index (χ4n) is 9.91. The Kier molecular flexibility index (Phi) is 31.8. The number of amides is 2. The van der Waals surface area contributed by atoms with Gasteiger partial charge in [-0.3, -0.25) is 9.59 Å². The van der Waals surface area contributed by atoms with Crippen LogP contribution in [0.4, 0.5) is 0 Å². The summed E-state index contributed by atoms with van der Waals surface area (Å²) in [6.45, 7) is 2.59. The maximum Gasteiger partial charge on any atom is 0.338 e. The molecular formula is C72H85BrN2O15. The number of hydrogen-bond acceptors (Lipinski definition) is 15. The molecule has 480 valence electrons. The van der Waals surface area contributed by atoms with Crippen LogP contribution in [-0.4, -0.2) is 141 Å². The minimum atomic E-state index is -0.996. The molecular weight excluding hydrogens is 1210 g/mol. The molecule has 0 unspecified atom stereocenters. The number of benzene rings is 7. The number of aliphatic hydroxyl groups is 2. The van der Waals surface area contributed by atoms with Crippen molar-refractivity contribution in [3.05, 3.63) is 251 Å². The van der Waals surface area contributed by atoms with E-state index >= 15 is 0 Å². The Labute approximate surface area is 537 Å². The minimum Gasteiger partial charge on any atom is -0.453 e. The second-order valence-electron chi connectivity index (χ2n) is 21.3. The largest absolute Gasteiger partial charge is 0.453 e. The molecule has 10 atom stereocenters. The van der Waals surface area contributed by atoms with E-state index in [0.717, 1.165) is 38.7 Å². The van der Waals surface area contributed by atoms with Crippen LogP contribution >= 0.6 is 15.9 Å². The lowest BCUT2D eigenvalue weighted by molar-refractivity contribution is -0.268. The van der Waals surface area contributed by atoms with Crippen LogP contribution in [0, 0.1) is 0 Å². The predicted octanol–water partition coefficient (Wildman–Crippen LogP) is 9.92. The first-order valence-electron chi connectivity index (χ1n) is 30.4. The predicted molar refractivity (Wildman–Crippen MR) is 345 cm³/mol. The Bertz CT molecular complexity index is 3040. The van der Waals surface area contributed by atoms with E-state index in [1.54, 1.807) is 38.4 Å². The molecule has 2 aliphatic rings. The summed E-state index contributed by atoms with van der Waals surface area (Å²) in [7, 11) is 3.24. The van der Waals surface area contributed by atoms with Crippen molar-refractivity contribution in [1.29, 1.82) is 0 Å². The van der Waals surface area contributed by atoms with Gasteiger partial charge >= 0.3 is 5.97 Å². The number of hydrogen-bond donors (Lipinski definition) is 4. The maximum atomic E-state index is 13.2. The monoisotopic (exact) mass is 1300 g/mol. The van der Waals surface area contributed by atoms with E-state index in [9.17, 15) is 24.6 Å². The van der Waals surface area contributed by atoms with E-state index in [0.29, 0.717) is 64.5 Å². The third kappa shape index (κ3) is 24.3. The van der Waals surface area contributed by atoms with E-state index in [4.69, 9.17) is 47.4 Å². The van der Waals surface area contributed by atoms with Crippen LogP contribution in [0.2, 0.25) is 0 Å². The van der Waals surface area contributed by atoms with E-state index in [-0.39, 0.29) is 44.8 Å². The van der Waals surface area contributed by atoms with Crippen molar-refractivity contribution < 1.29 is 72.0 Å². The van der Waals surface area contributed by atoms with E-state index in [2.05, 4.69) is 26.6 Å². The second kappa shape index (κ2) is 40.7. The van der Waals surface area contributed by atoms with Gasteiger partial charge in [-0.1, -0.05) is 216 Å². The van der Waals surface area contributed by atoms with Crippen LogP contribution in [0.25, 0.3) is 0 Å². The number of rotatable bonds is 31. The standard InChI is InChI=1S/C35H36O7.C33H41NO7.C4H8BrNO/c36-21-30-33(42-35(37)29-19-11-4-12-20-29)34(40-24-28-17-9-3-10-18-28)32(39-23-27-15-7-2-8-16-27)31(41-30)25-38-22-26-13-5-1-6-14-26;1-34-30(35)18-11-19-37-23-28-31(36)33(40-22-27-16-9-4-10-17-27)32(39-21-26-14-7-3-8-15-26)29(41-28)24-38-20-25-12-5-2-6-13-25;1-6-4(7)2-3-5/h1-20,30-34,36H,21-25H2;2-10,12-17,28-29,31-33,36H,11,18-24H2,1H3,(H,34,35);2-3H2,1H3,(H,6,7)/t30-,31+,32+,33-,34-;28-,29+,31-,32+,33+;/m00./s1. The Balaban J connectivity index is 0.000000231. The molecule has 18 heteroatoms. The van der Waals surface area contributed by atoms with Gasteiger partial charge in [-0.05, 0) is 51.9 Å². The number of carbonyl (C=O) groups is 3. The number of nitrogens with one attached hydrogen (secondary N) is 2. The minimum absolute atomic E-state index is 0.0361. The number of halogens is 1. The summed E-state index contributed by atoms with van der Waals surface area (Å²) in [4.78, 5) is 35.0. The van der Waals surface area contributed by atoms with Crippen LogP contribution in [0.3, 0.4) is 0 Å². The van der Waals surface area contributed by atoms with Gasteiger partial charge < -0.3 is 68.2 Å². The van der Waals surface area contributed by atoms with Gasteiger partial charge in [0, 0.05) is 38.9 Å².